The lowest BCUT2D eigenvalue weighted by molar-refractivity contribution is -0.116. The molecule has 0 saturated carbocycles. The first kappa shape index (κ1) is 18.2. The van der Waals surface area contributed by atoms with Crippen LogP contribution in [-0.2, 0) is 14.8 Å². The molecule has 0 atom stereocenters. The molecule has 0 spiro atoms. The summed E-state index contributed by atoms with van der Waals surface area (Å²) < 4.78 is 31.5. The van der Waals surface area contributed by atoms with Crippen LogP contribution >= 0.6 is 0 Å². The molecule has 1 aromatic carbocycles. The van der Waals surface area contributed by atoms with Gasteiger partial charge in [-0.05, 0) is 25.0 Å². The fraction of sp³-hybridized carbons (Fsp3) is 0.375. The molecule has 24 heavy (non-hydrogen) atoms. The lowest BCUT2D eigenvalue weighted by atomic mass is 10.2. The molecule has 1 amide bonds. The van der Waals surface area contributed by atoms with Gasteiger partial charge in [0.25, 0.3) is 0 Å². The average molecular weight is 351 g/mol. The van der Waals surface area contributed by atoms with Crippen molar-refractivity contribution in [1.82, 2.24) is 9.46 Å². The molecule has 0 radical (unpaired) electrons. The third-order valence-corrected chi connectivity index (χ3v) is 5.08. The van der Waals surface area contributed by atoms with E-state index in [1.54, 1.807) is 24.3 Å². The maximum absolute atomic E-state index is 12.8. The summed E-state index contributed by atoms with van der Waals surface area (Å²) in [5.41, 5.74) is 0.966. The maximum atomic E-state index is 12.8. The molecule has 2 aromatic rings. The van der Waals surface area contributed by atoms with Gasteiger partial charge in [0.15, 0.2) is 5.82 Å². The standard InChI is InChI=1S/C16H21N3O4S/c1-12(2)10-19(11-16(20)17-15-8-9-23-18-15)24(21,22)14-6-4-13(3)5-7-14/h4-9,12H,10-11H2,1-3H3,(H,17,18,20). The van der Waals surface area contributed by atoms with Crippen LogP contribution in [0.4, 0.5) is 5.82 Å². The number of amides is 1. The number of nitrogens with one attached hydrogen (secondary N) is 1. The average Bonchev–Trinajstić information content (AvgIpc) is 2.99. The number of carbonyl (C=O) groups is 1. The molecule has 130 valence electrons. The number of aryl methyl sites for hydroxylation is 1. The van der Waals surface area contributed by atoms with Gasteiger partial charge in [-0.3, -0.25) is 4.79 Å². The van der Waals surface area contributed by atoms with Gasteiger partial charge in [0.2, 0.25) is 15.9 Å². The number of anilines is 1. The van der Waals surface area contributed by atoms with Crippen LogP contribution in [0.3, 0.4) is 0 Å². The van der Waals surface area contributed by atoms with Gasteiger partial charge in [0, 0.05) is 12.6 Å². The number of aromatic nitrogens is 1. The monoisotopic (exact) mass is 351 g/mol. The van der Waals surface area contributed by atoms with E-state index in [2.05, 4.69) is 15.0 Å². The summed E-state index contributed by atoms with van der Waals surface area (Å²) in [5.74, 6) is -0.150. The number of hydrogen-bond donors (Lipinski definition) is 1. The molecule has 8 heteroatoms. The highest BCUT2D eigenvalue weighted by atomic mass is 32.2. The summed E-state index contributed by atoms with van der Waals surface area (Å²) in [7, 11) is -3.76. The van der Waals surface area contributed by atoms with Crippen LogP contribution in [-0.4, -0.2) is 36.9 Å². The van der Waals surface area contributed by atoms with Gasteiger partial charge in [0.1, 0.15) is 6.26 Å². The van der Waals surface area contributed by atoms with E-state index in [4.69, 9.17) is 0 Å². The van der Waals surface area contributed by atoms with E-state index in [0.29, 0.717) is 0 Å². The minimum absolute atomic E-state index is 0.0741. The number of benzene rings is 1. The Hall–Kier alpha value is -2.19. The quantitative estimate of drug-likeness (QED) is 0.826. The molecular formula is C16H21N3O4S. The molecule has 7 nitrogen and oxygen atoms in total. The van der Waals surface area contributed by atoms with E-state index in [9.17, 15) is 13.2 Å². The van der Waals surface area contributed by atoms with Crippen LogP contribution in [0.5, 0.6) is 0 Å². The molecule has 0 aliphatic carbocycles. The van der Waals surface area contributed by atoms with Crippen molar-refractivity contribution >= 4 is 21.7 Å². The van der Waals surface area contributed by atoms with E-state index in [1.165, 1.54) is 16.6 Å². The van der Waals surface area contributed by atoms with Gasteiger partial charge in [-0.25, -0.2) is 8.42 Å². The highest BCUT2D eigenvalue weighted by Crippen LogP contribution is 2.18. The molecule has 0 bridgehead atoms. The fourth-order valence-corrected chi connectivity index (χ4v) is 3.69. The number of rotatable bonds is 7. The Kier molecular flexibility index (Phi) is 5.74. The highest BCUT2D eigenvalue weighted by Gasteiger charge is 2.27. The number of hydrogen-bond acceptors (Lipinski definition) is 5. The van der Waals surface area contributed by atoms with Crippen LogP contribution in [0.2, 0.25) is 0 Å². The van der Waals surface area contributed by atoms with E-state index >= 15 is 0 Å². The predicted octanol–water partition coefficient (Wildman–Crippen LogP) is 2.27. The minimum Gasteiger partial charge on any atom is -0.363 e. The van der Waals surface area contributed by atoms with E-state index in [0.717, 1.165) is 5.56 Å². The molecule has 2 rings (SSSR count). The second-order valence-electron chi connectivity index (χ2n) is 5.94. The number of nitrogens with zero attached hydrogens (tertiary/aromatic N) is 2. The van der Waals surface area contributed by atoms with Crippen molar-refractivity contribution < 1.29 is 17.7 Å². The van der Waals surface area contributed by atoms with Crippen molar-refractivity contribution in [2.75, 3.05) is 18.4 Å². The van der Waals surface area contributed by atoms with Gasteiger partial charge in [-0.2, -0.15) is 4.31 Å². The lowest BCUT2D eigenvalue weighted by Crippen LogP contribution is -2.40. The summed E-state index contributed by atoms with van der Waals surface area (Å²) in [6.45, 7) is 5.62. The van der Waals surface area contributed by atoms with Gasteiger partial charge in [-0.1, -0.05) is 36.7 Å². The maximum Gasteiger partial charge on any atom is 0.243 e. The van der Waals surface area contributed by atoms with Crippen LogP contribution in [0, 0.1) is 12.8 Å². The summed E-state index contributed by atoms with van der Waals surface area (Å²) in [6, 6.07) is 8.05. The zero-order chi connectivity index (χ0) is 17.7. The summed E-state index contributed by atoms with van der Waals surface area (Å²) >= 11 is 0. The molecule has 0 saturated heterocycles. The molecule has 0 fully saturated rings. The Balaban J connectivity index is 2.20. The Morgan fingerprint density at radius 3 is 2.46 bits per heavy atom. The minimum atomic E-state index is -3.76. The van der Waals surface area contributed by atoms with E-state index in [1.807, 2.05) is 20.8 Å². The predicted molar refractivity (Wildman–Crippen MR) is 89.9 cm³/mol. The van der Waals surface area contributed by atoms with Gasteiger partial charge < -0.3 is 9.84 Å². The summed E-state index contributed by atoms with van der Waals surface area (Å²) in [6.07, 6.45) is 1.32. The normalized spacial score (nSPS) is 11.9. The first-order valence-corrected chi connectivity index (χ1v) is 9.00. The summed E-state index contributed by atoms with van der Waals surface area (Å²) in [4.78, 5) is 12.3. The molecule has 0 unspecified atom stereocenters. The smallest absolute Gasteiger partial charge is 0.243 e. The third-order valence-electron chi connectivity index (χ3n) is 3.25. The van der Waals surface area contributed by atoms with Crippen molar-refractivity contribution in [2.24, 2.45) is 5.92 Å². The first-order valence-electron chi connectivity index (χ1n) is 7.56. The van der Waals surface area contributed by atoms with E-state index in [-0.39, 0.29) is 29.7 Å². The molecule has 0 aliphatic heterocycles. The second-order valence-corrected chi connectivity index (χ2v) is 7.88. The first-order chi connectivity index (χ1) is 11.3. The molecule has 1 heterocycles. The van der Waals surface area contributed by atoms with Crippen LogP contribution in [0.25, 0.3) is 0 Å². The van der Waals surface area contributed by atoms with Gasteiger partial charge in [-0.15, -0.1) is 0 Å². The van der Waals surface area contributed by atoms with Crippen molar-refractivity contribution in [3.05, 3.63) is 42.2 Å². The molecular weight excluding hydrogens is 330 g/mol. The van der Waals surface area contributed by atoms with Gasteiger partial charge >= 0.3 is 0 Å². The topological polar surface area (TPSA) is 92.5 Å². The largest absolute Gasteiger partial charge is 0.363 e. The van der Waals surface area contributed by atoms with Crippen molar-refractivity contribution in [3.63, 3.8) is 0 Å². The zero-order valence-corrected chi connectivity index (χ0v) is 14.7. The number of sulfonamides is 1. The van der Waals surface area contributed by atoms with Crippen molar-refractivity contribution in [1.29, 1.82) is 0 Å². The van der Waals surface area contributed by atoms with Crippen LogP contribution < -0.4 is 5.32 Å². The molecule has 1 N–H and O–H groups in total. The highest BCUT2D eigenvalue weighted by molar-refractivity contribution is 7.89. The van der Waals surface area contributed by atoms with Crippen molar-refractivity contribution in [2.45, 2.75) is 25.7 Å². The fourth-order valence-electron chi connectivity index (χ4n) is 2.13. The van der Waals surface area contributed by atoms with Gasteiger partial charge in [0.05, 0.1) is 11.4 Å². The lowest BCUT2D eigenvalue weighted by Gasteiger charge is -2.23. The van der Waals surface area contributed by atoms with E-state index < -0.39 is 15.9 Å². The second kappa shape index (κ2) is 7.59. The zero-order valence-electron chi connectivity index (χ0n) is 13.9. The molecule has 0 aliphatic rings. The van der Waals surface area contributed by atoms with Crippen molar-refractivity contribution in [3.8, 4) is 0 Å². The summed E-state index contributed by atoms with van der Waals surface area (Å²) in [5, 5.41) is 6.09. The Labute approximate surface area is 141 Å². The van der Waals surface area contributed by atoms with Crippen LogP contribution in [0.1, 0.15) is 19.4 Å². The SMILES string of the molecule is Cc1ccc(S(=O)(=O)N(CC(=O)Nc2ccon2)CC(C)C)cc1. The molecule has 1 aromatic heterocycles. The Morgan fingerprint density at radius 2 is 1.92 bits per heavy atom. The van der Waals surface area contributed by atoms with Crippen LogP contribution in [0.15, 0.2) is 46.0 Å². The Bertz CT molecular complexity index is 768. The Morgan fingerprint density at radius 1 is 1.25 bits per heavy atom. The third kappa shape index (κ3) is 4.65. The number of carbonyl (C=O) groups excluding carboxylic acids is 1.